The lowest BCUT2D eigenvalue weighted by Gasteiger charge is -2.31. The van der Waals surface area contributed by atoms with Gasteiger partial charge in [-0.1, -0.05) is 31.5 Å². The van der Waals surface area contributed by atoms with Crippen LogP contribution in [0.15, 0.2) is 24.3 Å². The van der Waals surface area contributed by atoms with Crippen LogP contribution in [0.25, 0.3) is 0 Å². The summed E-state index contributed by atoms with van der Waals surface area (Å²) in [5.41, 5.74) is -1.76. The molecule has 20 heavy (non-hydrogen) atoms. The number of rotatable bonds is 7. The first kappa shape index (κ1) is 16.4. The highest BCUT2D eigenvalue weighted by atomic mass is 19.3. The average Bonchev–Trinajstić information content (AvgIpc) is 2.35. The third-order valence-corrected chi connectivity index (χ3v) is 3.20. The number of benzene rings is 1. The minimum Gasteiger partial charge on any atom is -0.481 e. The molecule has 2 N–H and O–H groups in total. The van der Waals surface area contributed by atoms with E-state index in [1.165, 1.54) is 31.2 Å². The highest BCUT2D eigenvalue weighted by Gasteiger charge is 2.40. The van der Waals surface area contributed by atoms with Gasteiger partial charge in [0, 0.05) is 5.56 Å². The summed E-state index contributed by atoms with van der Waals surface area (Å²) in [6.07, 6.45) is 0.774. The predicted molar refractivity (Wildman–Crippen MR) is 68.7 cm³/mol. The van der Waals surface area contributed by atoms with Crippen LogP contribution in [-0.2, 0) is 10.4 Å². The summed E-state index contributed by atoms with van der Waals surface area (Å²) in [4.78, 5) is 11.3. The fourth-order valence-corrected chi connectivity index (χ4v) is 2.20. The Morgan fingerprint density at radius 2 is 2.00 bits per heavy atom. The first-order valence-corrected chi connectivity index (χ1v) is 6.30. The number of hydrogen-bond donors (Lipinski definition) is 2. The molecule has 0 aliphatic carbocycles. The van der Waals surface area contributed by atoms with Gasteiger partial charge in [0.25, 0.3) is 0 Å². The van der Waals surface area contributed by atoms with Gasteiger partial charge in [0.1, 0.15) is 11.4 Å². The molecule has 0 aliphatic heterocycles. The number of ether oxygens (including phenoxy) is 1. The number of para-hydroxylation sites is 1. The zero-order valence-corrected chi connectivity index (χ0v) is 11.3. The van der Waals surface area contributed by atoms with E-state index in [-0.39, 0.29) is 17.7 Å². The smallest absolute Gasteiger partial charge is 0.387 e. The number of alkyl halides is 2. The van der Waals surface area contributed by atoms with Crippen molar-refractivity contribution in [1.82, 2.24) is 0 Å². The lowest BCUT2D eigenvalue weighted by molar-refractivity contribution is -0.152. The molecule has 0 bridgehead atoms. The second-order valence-electron chi connectivity index (χ2n) is 4.70. The van der Waals surface area contributed by atoms with Gasteiger partial charge in [-0.15, -0.1) is 0 Å². The molecule has 0 saturated heterocycles. The lowest BCUT2D eigenvalue weighted by atomic mass is 9.80. The zero-order valence-electron chi connectivity index (χ0n) is 11.3. The monoisotopic (exact) mass is 288 g/mol. The molecule has 2 atom stereocenters. The Kier molecular flexibility index (Phi) is 5.44. The van der Waals surface area contributed by atoms with Gasteiger partial charge in [0.15, 0.2) is 0 Å². The zero-order chi connectivity index (χ0) is 15.3. The van der Waals surface area contributed by atoms with E-state index in [1.807, 2.05) is 0 Å². The topological polar surface area (TPSA) is 66.8 Å². The summed E-state index contributed by atoms with van der Waals surface area (Å²) in [5.74, 6) is -2.49. The van der Waals surface area contributed by atoms with Crippen molar-refractivity contribution in [3.63, 3.8) is 0 Å². The highest BCUT2D eigenvalue weighted by molar-refractivity contribution is 5.72. The second kappa shape index (κ2) is 6.65. The standard InChI is InChI=1S/C14H18F2O4/c1-3-6-10(12(17)18)14(2,19)9-7-4-5-8-11(9)20-13(15)16/h4-5,7-8,10,13,19H,3,6H2,1-2H3,(H,17,18). The van der Waals surface area contributed by atoms with Gasteiger partial charge < -0.3 is 14.9 Å². The molecule has 1 rings (SSSR count). The van der Waals surface area contributed by atoms with Crippen molar-refractivity contribution < 1.29 is 28.5 Å². The molecular weight excluding hydrogens is 270 g/mol. The second-order valence-corrected chi connectivity index (χ2v) is 4.70. The molecule has 0 aliphatic rings. The maximum Gasteiger partial charge on any atom is 0.387 e. The van der Waals surface area contributed by atoms with Crippen LogP contribution in [0.5, 0.6) is 5.75 Å². The summed E-state index contributed by atoms with van der Waals surface area (Å²) < 4.78 is 29.1. The maximum absolute atomic E-state index is 12.4. The molecule has 112 valence electrons. The van der Waals surface area contributed by atoms with Gasteiger partial charge in [-0.05, 0) is 19.4 Å². The number of halogens is 2. The molecular formula is C14H18F2O4. The number of aliphatic carboxylic acids is 1. The number of carboxylic acid groups (broad SMARTS) is 1. The summed E-state index contributed by atoms with van der Waals surface area (Å²) in [5, 5.41) is 19.8. The molecule has 0 amide bonds. The van der Waals surface area contributed by atoms with Crippen LogP contribution in [0.3, 0.4) is 0 Å². The van der Waals surface area contributed by atoms with Crippen molar-refractivity contribution in [3.8, 4) is 5.75 Å². The molecule has 0 aromatic heterocycles. The number of hydrogen-bond acceptors (Lipinski definition) is 3. The molecule has 6 heteroatoms. The summed E-state index contributed by atoms with van der Waals surface area (Å²) in [6.45, 7) is 0.0456. The van der Waals surface area contributed by atoms with E-state index in [1.54, 1.807) is 6.92 Å². The van der Waals surface area contributed by atoms with Crippen molar-refractivity contribution in [2.45, 2.75) is 38.9 Å². The maximum atomic E-state index is 12.4. The molecule has 0 radical (unpaired) electrons. The predicted octanol–water partition coefficient (Wildman–Crippen LogP) is 3.00. The number of aliphatic hydroxyl groups is 1. The van der Waals surface area contributed by atoms with Crippen LogP contribution in [0.1, 0.15) is 32.3 Å². The first-order chi connectivity index (χ1) is 9.30. The quantitative estimate of drug-likeness (QED) is 0.809. The Hall–Kier alpha value is -1.69. The molecule has 0 heterocycles. The molecule has 0 fully saturated rings. The van der Waals surface area contributed by atoms with Crippen LogP contribution in [-0.4, -0.2) is 22.8 Å². The Bertz CT molecular complexity index is 460. The minimum absolute atomic E-state index is 0.0427. The summed E-state index contributed by atoms with van der Waals surface area (Å²) in [7, 11) is 0. The first-order valence-electron chi connectivity index (χ1n) is 6.30. The van der Waals surface area contributed by atoms with Crippen molar-refractivity contribution >= 4 is 5.97 Å². The van der Waals surface area contributed by atoms with E-state index in [0.717, 1.165) is 0 Å². The van der Waals surface area contributed by atoms with E-state index < -0.39 is 24.1 Å². The lowest BCUT2D eigenvalue weighted by Crippen LogP contribution is -2.37. The van der Waals surface area contributed by atoms with Crippen molar-refractivity contribution in [1.29, 1.82) is 0 Å². The Morgan fingerprint density at radius 1 is 1.40 bits per heavy atom. The van der Waals surface area contributed by atoms with Gasteiger partial charge in [0.2, 0.25) is 0 Å². The fraction of sp³-hybridized carbons (Fsp3) is 0.500. The third-order valence-electron chi connectivity index (χ3n) is 3.20. The molecule has 1 aromatic rings. The Labute approximate surface area is 116 Å². The largest absolute Gasteiger partial charge is 0.481 e. The van der Waals surface area contributed by atoms with E-state index in [4.69, 9.17) is 0 Å². The van der Waals surface area contributed by atoms with Gasteiger partial charge in [0.05, 0.1) is 5.92 Å². The summed E-state index contributed by atoms with van der Waals surface area (Å²) in [6, 6.07) is 5.68. The van der Waals surface area contributed by atoms with Crippen molar-refractivity contribution in [2.24, 2.45) is 5.92 Å². The Morgan fingerprint density at radius 3 is 2.50 bits per heavy atom. The number of carboxylic acids is 1. The Balaban J connectivity index is 3.22. The van der Waals surface area contributed by atoms with Gasteiger partial charge in [-0.25, -0.2) is 0 Å². The van der Waals surface area contributed by atoms with E-state index >= 15 is 0 Å². The van der Waals surface area contributed by atoms with Gasteiger partial charge in [-0.2, -0.15) is 8.78 Å². The number of carbonyl (C=O) groups is 1. The SMILES string of the molecule is CCCC(C(=O)O)C(C)(O)c1ccccc1OC(F)F. The molecule has 2 unspecified atom stereocenters. The van der Waals surface area contributed by atoms with E-state index in [0.29, 0.717) is 6.42 Å². The van der Waals surface area contributed by atoms with Crippen LogP contribution >= 0.6 is 0 Å². The van der Waals surface area contributed by atoms with Gasteiger partial charge in [-0.3, -0.25) is 4.79 Å². The van der Waals surface area contributed by atoms with E-state index in [2.05, 4.69) is 4.74 Å². The normalized spacial score (nSPS) is 15.7. The van der Waals surface area contributed by atoms with Crippen LogP contribution < -0.4 is 4.74 Å². The average molecular weight is 288 g/mol. The highest BCUT2D eigenvalue weighted by Crippen LogP contribution is 2.38. The van der Waals surface area contributed by atoms with Crippen molar-refractivity contribution in [3.05, 3.63) is 29.8 Å². The summed E-state index contributed by atoms with van der Waals surface area (Å²) >= 11 is 0. The minimum atomic E-state index is -3.04. The van der Waals surface area contributed by atoms with Gasteiger partial charge >= 0.3 is 12.6 Å². The van der Waals surface area contributed by atoms with Crippen molar-refractivity contribution in [2.75, 3.05) is 0 Å². The molecule has 0 spiro atoms. The van der Waals surface area contributed by atoms with Crippen LogP contribution in [0.2, 0.25) is 0 Å². The molecule has 4 nitrogen and oxygen atoms in total. The van der Waals surface area contributed by atoms with Crippen LogP contribution in [0, 0.1) is 5.92 Å². The van der Waals surface area contributed by atoms with E-state index in [9.17, 15) is 23.8 Å². The third kappa shape index (κ3) is 3.66. The molecule has 0 saturated carbocycles. The van der Waals surface area contributed by atoms with Crippen LogP contribution in [0.4, 0.5) is 8.78 Å². The fourth-order valence-electron chi connectivity index (χ4n) is 2.20. The molecule has 1 aromatic carbocycles.